The van der Waals surface area contributed by atoms with E-state index >= 15 is 0 Å². The molecule has 2 aromatic carbocycles. The summed E-state index contributed by atoms with van der Waals surface area (Å²) in [6.07, 6.45) is 7.58. The molecule has 1 saturated heterocycles. The first kappa shape index (κ1) is 20.0. The third-order valence-electron chi connectivity index (χ3n) is 6.58. The molecule has 2 atom stereocenters. The van der Waals surface area contributed by atoms with E-state index < -0.39 is 15.4 Å². The molecule has 1 aliphatic carbocycles. The molecule has 158 valence electrons. The number of nitrogens with zero attached hydrogens (tertiary/aromatic N) is 1. The standard InChI is InChI=1S/C25H24N2O3S/c1-18-11-13-19(14-12-18)31(29,30)27-22-9-5-4-8-21(22)25(15-16-26(2)17-25)24(27)20-7-3-6-10-23(20)28/h3-14H,15-17H2,1-2H3/p+1. The predicted octanol–water partition coefficient (Wildman–Crippen LogP) is 2.31. The summed E-state index contributed by atoms with van der Waals surface area (Å²) in [7, 11) is -1.80. The molecule has 3 aliphatic rings. The van der Waals surface area contributed by atoms with Crippen LogP contribution in [-0.2, 0) is 20.2 Å². The number of allylic oxidation sites excluding steroid dienone is 5. The van der Waals surface area contributed by atoms with Crippen molar-refractivity contribution in [3.05, 3.63) is 95.2 Å². The van der Waals surface area contributed by atoms with Crippen LogP contribution in [0, 0.1) is 6.92 Å². The number of benzene rings is 2. The van der Waals surface area contributed by atoms with Crippen molar-refractivity contribution in [1.82, 2.24) is 0 Å². The number of likely N-dealkylation sites (N-methyl/N-ethyl adjacent to an activating group) is 1. The highest BCUT2D eigenvalue weighted by Crippen LogP contribution is 2.53. The van der Waals surface area contributed by atoms with E-state index in [4.69, 9.17) is 0 Å². The number of ketones is 1. The average molecular weight is 434 g/mol. The second-order valence-electron chi connectivity index (χ2n) is 8.66. The van der Waals surface area contributed by atoms with Crippen LogP contribution in [0.3, 0.4) is 0 Å². The molecule has 2 heterocycles. The first-order valence-corrected chi connectivity index (χ1v) is 12.0. The van der Waals surface area contributed by atoms with E-state index in [-0.39, 0.29) is 10.7 Å². The quantitative estimate of drug-likeness (QED) is 0.740. The summed E-state index contributed by atoms with van der Waals surface area (Å²) >= 11 is 0. The Morgan fingerprint density at radius 3 is 2.39 bits per heavy atom. The van der Waals surface area contributed by atoms with Crippen molar-refractivity contribution < 1.29 is 18.1 Å². The molecule has 6 heteroatoms. The third kappa shape index (κ3) is 2.93. The summed E-state index contributed by atoms with van der Waals surface area (Å²) in [5, 5.41) is 0. The zero-order valence-electron chi connectivity index (χ0n) is 17.6. The number of hydrogen-bond donors (Lipinski definition) is 1. The molecule has 2 unspecified atom stereocenters. The molecule has 0 bridgehead atoms. The van der Waals surface area contributed by atoms with Gasteiger partial charge in [0.05, 0.1) is 41.8 Å². The van der Waals surface area contributed by atoms with E-state index in [1.807, 2.05) is 37.3 Å². The number of sulfonamides is 1. The van der Waals surface area contributed by atoms with E-state index in [9.17, 15) is 13.2 Å². The Morgan fingerprint density at radius 2 is 1.71 bits per heavy atom. The molecular weight excluding hydrogens is 408 g/mol. The maximum absolute atomic E-state index is 14.0. The monoisotopic (exact) mass is 433 g/mol. The molecule has 1 spiro atoms. The fourth-order valence-corrected chi connectivity index (χ4v) is 6.77. The number of para-hydroxylation sites is 1. The van der Waals surface area contributed by atoms with Gasteiger partial charge in [-0.25, -0.2) is 12.7 Å². The fraction of sp³-hybridized carbons (Fsp3) is 0.240. The number of nitrogens with one attached hydrogen (secondary N) is 1. The Morgan fingerprint density at radius 1 is 1.00 bits per heavy atom. The summed E-state index contributed by atoms with van der Waals surface area (Å²) in [6.45, 7) is 3.59. The number of carbonyl (C=O) groups is 1. The van der Waals surface area contributed by atoms with Crippen LogP contribution >= 0.6 is 0 Å². The second-order valence-corrected chi connectivity index (χ2v) is 10.4. The lowest BCUT2D eigenvalue weighted by Crippen LogP contribution is -3.07. The molecule has 0 amide bonds. The highest BCUT2D eigenvalue weighted by molar-refractivity contribution is 7.93. The van der Waals surface area contributed by atoms with Crippen molar-refractivity contribution in [2.45, 2.75) is 23.7 Å². The summed E-state index contributed by atoms with van der Waals surface area (Å²) in [5.74, 6) is -0.154. The minimum absolute atomic E-state index is 0.154. The van der Waals surface area contributed by atoms with Gasteiger partial charge in [0.2, 0.25) is 0 Å². The molecule has 0 saturated carbocycles. The van der Waals surface area contributed by atoms with Crippen molar-refractivity contribution in [2.24, 2.45) is 0 Å². The molecule has 0 aromatic heterocycles. The van der Waals surface area contributed by atoms with E-state index in [1.54, 1.807) is 36.4 Å². The zero-order valence-corrected chi connectivity index (χ0v) is 18.4. The number of carbonyl (C=O) groups excluding carboxylic acids is 1. The summed E-state index contributed by atoms with van der Waals surface area (Å²) < 4.78 is 29.5. The number of fused-ring (bicyclic) bond motifs is 2. The van der Waals surface area contributed by atoms with E-state index in [2.05, 4.69) is 7.05 Å². The zero-order chi connectivity index (χ0) is 21.8. The largest absolute Gasteiger partial charge is 0.336 e. The smallest absolute Gasteiger partial charge is 0.268 e. The maximum atomic E-state index is 14.0. The lowest BCUT2D eigenvalue weighted by Gasteiger charge is -2.30. The van der Waals surface area contributed by atoms with Crippen LogP contribution in [-0.4, -0.2) is 34.3 Å². The number of quaternary nitrogens is 1. The molecule has 1 N–H and O–H groups in total. The van der Waals surface area contributed by atoms with Gasteiger partial charge in [-0.15, -0.1) is 0 Å². The molecule has 2 aromatic rings. The first-order valence-electron chi connectivity index (χ1n) is 10.5. The van der Waals surface area contributed by atoms with E-state index in [1.165, 1.54) is 15.3 Å². The van der Waals surface area contributed by atoms with Crippen LogP contribution in [0.4, 0.5) is 5.69 Å². The minimum Gasteiger partial charge on any atom is -0.336 e. The van der Waals surface area contributed by atoms with E-state index in [0.29, 0.717) is 17.0 Å². The highest BCUT2D eigenvalue weighted by atomic mass is 32.2. The van der Waals surface area contributed by atoms with Gasteiger partial charge in [0.1, 0.15) is 0 Å². The Labute approximate surface area is 183 Å². The maximum Gasteiger partial charge on any atom is 0.268 e. The summed E-state index contributed by atoms with van der Waals surface area (Å²) in [4.78, 5) is 14.5. The van der Waals surface area contributed by atoms with Gasteiger partial charge in [0.15, 0.2) is 5.78 Å². The summed E-state index contributed by atoms with van der Waals surface area (Å²) in [5.41, 5.74) is 3.17. The van der Waals surface area contributed by atoms with Gasteiger partial charge in [-0.2, -0.15) is 0 Å². The van der Waals surface area contributed by atoms with Gasteiger partial charge >= 0.3 is 0 Å². The first-order chi connectivity index (χ1) is 14.8. The van der Waals surface area contributed by atoms with Crippen molar-refractivity contribution in [1.29, 1.82) is 0 Å². The number of hydrogen-bond acceptors (Lipinski definition) is 3. The van der Waals surface area contributed by atoms with Crippen LogP contribution in [0.2, 0.25) is 0 Å². The van der Waals surface area contributed by atoms with Gasteiger partial charge < -0.3 is 4.90 Å². The second kappa shape index (κ2) is 7.04. The third-order valence-corrected chi connectivity index (χ3v) is 8.31. The molecule has 0 radical (unpaired) electrons. The molecule has 5 nitrogen and oxygen atoms in total. The number of aryl methyl sites for hydroxylation is 1. The average Bonchev–Trinajstić information content (AvgIpc) is 3.28. The normalized spacial score (nSPS) is 27.4. The van der Waals surface area contributed by atoms with Crippen LogP contribution in [0.5, 0.6) is 0 Å². The van der Waals surface area contributed by atoms with Crippen molar-refractivity contribution in [3.63, 3.8) is 0 Å². The van der Waals surface area contributed by atoms with Gasteiger partial charge in [-0.1, -0.05) is 48.0 Å². The number of anilines is 1. The van der Waals surface area contributed by atoms with Crippen LogP contribution < -0.4 is 9.21 Å². The SMILES string of the molecule is Cc1ccc(S(=O)(=O)N2C(=C3C=CC=CC3=O)C3(CC[NH+](C)C3)c3ccccc32)cc1. The highest BCUT2D eigenvalue weighted by Gasteiger charge is 2.57. The Hall–Kier alpha value is -2.96. The van der Waals surface area contributed by atoms with Crippen molar-refractivity contribution in [3.8, 4) is 0 Å². The summed E-state index contributed by atoms with van der Waals surface area (Å²) in [6, 6.07) is 14.6. The Balaban J connectivity index is 1.83. The van der Waals surface area contributed by atoms with Gasteiger partial charge in [0.25, 0.3) is 10.0 Å². The number of rotatable bonds is 2. The lowest BCUT2D eigenvalue weighted by molar-refractivity contribution is -0.868. The minimum atomic E-state index is -3.92. The number of likely N-dealkylation sites (tertiary alicyclic amines) is 1. The predicted molar refractivity (Wildman–Crippen MR) is 121 cm³/mol. The van der Waals surface area contributed by atoms with Crippen molar-refractivity contribution in [2.75, 3.05) is 24.4 Å². The van der Waals surface area contributed by atoms with Crippen molar-refractivity contribution >= 4 is 21.5 Å². The molecule has 2 aliphatic heterocycles. The fourth-order valence-electron chi connectivity index (χ4n) is 5.14. The Bertz CT molecular complexity index is 1270. The Kier molecular flexibility index (Phi) is 4.53. The van der Waals surface area contributed by atoms with Gasteiger partial charge in [-0.05, 0) is 42.8 Å². The van der Waals surface area contributed by atoms with Gasteiger partial charge in [-0.3, -0.25) is 4.79 Å². The molecule has 5 rings (SSSR count). The molecule has 31 heavy (non-hydrogen) atoms. The van der Waals surface area contributed by atoms with Gasteiger partial charge in [0, 0.05) is 12.0 Å². The van der Waals surface area contributed by atoms with Crippen LogP contribution in [0.25, 0.3) is 0 Å². The van der Waals surface area contributed by atoms with Crippen LogP contribution in [0.15, 0.2) is 89.0 Å². The van der Waals surface area contributed by atoms with Crippen LogP contribution in [0.1, 0.15) is 17.5 Å². The molecule has 1 fully saturated rings. The van der Waals surface area contributed by atoms with E-state index in [0.717, 1.165) is 30.6 Å². The lowest BCUT2D eigenvalue weighted by atomic mass is 9.76. The topological polar surface area (TPSA) is 58.9 Å². The molecular formula is C25H25N2O3S+.